The predicted molar refractivity (Wildman–Crippen MR) is 105 cm³/mol. The van der Waals surface area contributed by atoms with E-state index in [0.29, 0.717) is 12.1 Å². The second-order valence-electron chi connectivity index (χ2n) is 6.78. The number of carbonyl (C=O) groups is 1. The standard InChI is InChI=1S/C22H21N3O2/c1-16-5-7-17(8-6-16)18-12-19(14-23-13-18)22(26)27-20-9-11-25(15-20)21-4-2-3-10-24-21/h2-8,10,12-14,20H,9,11,15H2,1H3/t20-/m0/s1. The van der Waals surface area contributed by atoms with Crippen LogP contribution in [-0.4, -0.2) is 35.1 Å². The van der Waals surface area contributed by atoms with E-state index in [1.807, 2.05) is 55.5 Å². The summed E-state index contributed by atoms with van der Waals surface area (Å²) >= 11 is 0. The summed E-state index contributed by atoms with van der Waals surface area (Å²) in [5.41, 5.74) is 3.61. The van der Waals surface area contributed by atoms with E-state index in [4.69, 9.17) is 4.74 Å². The van der Waals surface area contributed by atoms with Gasteiger partial charge >= 0.3 is 5.97 Å². The van der Waals surface area contributed by atoms with E-state index in [-0.39, 0.29) is 12.1 Å². The van der Waals surface area contributed by atoms with E-state index in [0.717, 1.165) is 29.9 Å². The second kappa shape index (κ2) is 7.58. The van der Waals surface area contributed by atoms with Crippen LogP contribution in [0, 0.1) is 6.92 Å². The number of hydrogen-bond donors (Lipinski definition) is 0. The first-order valence-corrected chi connectivity index (χ1v) is 9.08. The molecule has 27 heavy (non-hydrogen) atoms. The number of ether oxygens (including phenoxy) is 1. The van der Waals surface area contributed by atoms with Crippen molar-refractivity contribution in [1.29, 1.82) is 0 Å². The molecule has 3 heterocycles. The van der Waals surface area contributed by atoms with E-state index >= 15 is 0 Å². The van der Waals surface area contributed by atoms with Crippen molar-refractivity contribution in [3.63, 3.8) is 0 Å². The summed E-state index contributed by atoms with van der Waals surface area (Å²) in [5.74, 6) is 0.586. The Morgan fingerprint density at radius 3 is 2.74 bits per heavy atom. The summed E-state index contributed by atoms with van der Waals surface area (Å²) in [6.07, 6.45) is 5.76. The van der Waals surface area contributed by atoms with Crippen molar-refractivity contribution < 1.29 is 9.53 Å². The van der Waals surface area contributed by atoms with Gasteiger partial charge in [0.05, 0.1) is 12.1 Å². The van der Waals surface area contributed by atoms with Gasteiger partial charge in [0.2, 0.25) is 0 Å². The van der Waals surface area contributed by atoms with Crippen LogP contribution >= 0.6 is 0 Å². The number of hydrogen-bond acceptors (Lipinski definition) is 5. The molecule has 0 spiro atoms. The van der Waals surface area contributed by atoms with Gasteiger partial charge in [0, 0.05) is 37.1 Å². The van der Waals surface area contributed by atoms with Crippen LogP contribution in [-0.2, 0) is 4.74 Å². The molecule has 1 saturated heterocycles. The van der Waals surface area contributed by atoms with Gasteiger partial charge in [0.25, 0.3) is 0 Å². The summed E-state index contributed by atoms with van der Waals surface area (Å²) in [6, 6.07) is 15.8. The number of anilines is 1. The molecule has 1 aliphatic rings. The Hall–Kier alpha value is -3.21. The Bertz CT molecular complexity index is 926. The van der Waals surface area contributed by atoms with Gasteiger partial charge in [-0.05, 0) is 30.7 Å². The van der Waals surface area contributed by atoms with Gasteiger partial charge in [-0.15, -0.1) is 0 Å². The molecular formula is C22H21N3O2. The number of aromatic nitrogens is 2. The smallest absolute Gasteiger partial charge is 0.340 e. The summed E-state index contributed by atoms with van der Waals surface area (Å²) in [4.78, 5) is 23.3. The number of rotatable bonds is 4. The van der Waals surface area contributed by atoms with Gasteiger partial charge in [-0.25, -0.2) is 9.78 Å². The minimum atomic E-state index is -0.329. The summed E-state index contributed by atoms with van der Waals surface area (Å²) in [7, 11) is 0. The Morgan fingerprint density at radius 1 is 1.11 bits per heavy atom. The monoisotopic (exact) mass is 359 g/mol. The van der Waals surface area contributed by atoms with Gasteiger partial charge in [-0.1, -0.05) is 35.9 Å². The summed E-state index contributed by atoms with van der Waals surface area (Å²) in [6.45, 7) is 3.54. The third-order valence-electron chi connectivity index (χ3n) is 4.75. The lowest BCUT2D eigenvalue weighted by Crippen LogP contribution is -2.25. The molecule has 5 heteroatoms. The van der Waals surface area contributed by atoms with E-state index in [1.165, 1.54) is 5.56 Å². The molecular weight excluding hydrogens is 338 g/mol. The van der Waals surface area contributed by atoms with Crippen molar-refractivity contribution in [2.45, 2.75) is 19.4 Å². The third-order valence-corrected chi connectivity index (χ3v) is 4.75. The van der Waals surface area contributed by atoms with Gasteiger partial charge < -0.3 is 9.64 Å². The molecule has 1 aliphatic heterocycles. The lowest BCUT2D eigenvalue weighted by Gasteiger charge is -2.17. The molecule has 2 aromatic heterocycles. The molecule has 4 rings (SSSR count). The average molecular weight is 359 g/mol. The maximum atomic E-state index is 12.6. The first kappa shape index (κ1) is 17.2. The Morgan fingerprint density at radius 2 is 1.96 bits per heavy atom. The largest absolute Gasteiger partial charge is 0.457 e. The quantitative estimate of drug-likeness (QED) is 0.662. The minimum Gasteiger partial charge on any atom is -0.457 e. The first-order chi connectivity index (χ1) is 13.2. The van der Waals surface area contributed by atoms with Crippen LogP contribution < -0.4 is 4.90 Å². The molecule has 0 radical (unpaired) electrons. The fraction of sp³-hybridized carbons (Fsp3) is 0.227. The number of benzene rings is 1. The fourth-order valence-electron chi connectivity index (χ4n) is 3.25. The first-order valence-electron chi connectivity index (χ1n) is 9.08. The van der Waals surface area contributed by atoms with Crippen LogP contribution in [0.2, 0.25) is 0 Å². The van der Waals surface area contributed by atoms with E-state index < -0.39 is 0 Å². The van der Waals surface area contributed by atoms with Crippen LogP contribution in [0.4, 0.5) is 5.82 Å². The molecule has 0 unspecified atom stereocenters. The molecule has 0 amide bonds. The Labute approximate surface area is 158 Å². The van der Waals surface area contributed by atoms with Crippen molar-refractivity contribution >= 4 is 11.8 Å². The normalized spacial score (nSPS) is 16.3. The minimum absolute atomic E-state index is 0.137. The van der Waals surface area contributed by atoms with Gasteiger partial charge in [0.1, 0.15) is 11.9 Å². The molecule has 136 valence electrons. The van der Waals surface area contributed by atoms with E-state index in [1.54, 1.807) is 18.6 Å². The molecule has 1 atom stereocenters. The zero-order chi connectivity index (χ0) is 18.6. The Kier molecular flexibility index (Phi) is 4.83. The van der Waals surface area contributed by atoms with Crippen LogP contribution in [0.1, 0.15) is 22.3 Å². The lowest BCUT2D eigenvalue weighted by molar-refractivity contribution is 0.0347. The molecule has 3 aromatic rings. The van der Waals surface area contributed by atoms with Crippen LogP contribution in [0.15, 0.2) is 67.1 Å². The van der Waals surface area contributed by atoms with Crippen LogP contribution in [0.5, 0.6) is 0 Å². The SMILES string of the molecule is Cc1ccc(-c2cncc(C(=O)O[C@H]3CCN(c4ccccn4)C3)c2)cc1. The van der Waals surface area contributed by atoms with Crippen molar-refractivity contribution in [2.75, 3.05) is 18.0 Å². The van der Waals surface area contributed by atoms with Gasteiger partial charge in [-0.3, -0.25) is 4.98 Å². The highest BCUT2D eigenvalue weighted by Crippen LogP contribution is 2.23. The molecule has 5 nitrogen and oxygen atoms in total. The van der Waals surface area contributed by atoms with Gasteiger partial charge in [-0.2, -0.15) is 0 Å². The predicted octanol–water partition coefficient (Wildman–Crippen LogP) is 3.89. The fourth-order valence-corrected chi connectivity index (χ4v) is 3.25. The molecule has 0 N–H and O–H groups in total. The maximum Gasteiger partial charge on any atom is 0.340 e. The zero-order valence-corrected chi connectivity index (χ0v) is 15.2. The number of esters is 1. The maximum absolute atomic E-state index is 12.6. The van der Waals surface area contributed by atoms with Crippen molar-refractivity contribution in [2.24, 2.45) is 0 Å². The van der Waals surface area contributed by atoms with Crippen LogP contribution in [0.3, 0.4) is 0 Å². The molecule has 0 saturated carbocycles. The highest BCUT2D eigenvalue weighted by molar-refractivity contribution is 5.90. The molecule has 0 aliphatic carbocycles. The van der Waals surface area contributed by atoms with Crippen molar-refractivity contribution in [3.8, 4) is 11.1 Å². The number of aryl methyl sites for hydroxylation is 1. The number of carbonyl (C=O) groups excluding carboxylic acids is 1. The van der Waals surface area contributed by atoms with Crippen molar-refractivity contribution in [1.82, 2.24) is 9.97 Å². The lowest BCUT2D eigenvalue weighted by atomic mass is 10.0. The number of pyridine rings is 2. The zero-order valence-electron chi connectivity index (χ0n) is 15.2. The van der Waals surface area contributed by atoms with Crippen molar-refractivity contribution in [3.05, 3.63) is 78.2 Å². The highest BCUT2D eigenvalue weighted by atomic mass is 16.5. The summed E-state index contributed by atoms with van der Waals surface area (Å²) < 4.78 is 5.71. The third kappa shape index (κ3) is 3.97. The van der Waals surface area contributed by atoms with E-state index in [2.05, 4.69) is 14.9 Å². The number of nitrogens with zero attached hydrogens (tertiary/aromatic N) is 3. The Balaban J connectivity index is 1.43. The second-order valence-corrected chi connectivity index (χ2v) is 6.78. The van der Waals surface area contributed by atoms with Gasteiger partial charge in [0.15, 0.2) is 0 Å². The summed E-state index contributed by atoms with van der Waals surface area (Å²) in [5, 5.41) is 0. The average Bonchev–Trinajstić information content (AvgIpc) is 3.18. The molecule has 1 aromatic carbocycles. The molecule has 0 bridgehead atoms. The topological polar surface area (TPSA) is 55.3 Å². The molecule has 1 fully saturated rings. The highest BCUT2D eigenvalue weighted by Gasteiger charge is 2.27. The van der Waals surface area contributed by atoms with E-state index in [9.17, 15) is 4.79 Å². The van der Waals surface area contributed by atoms with Crippen LogP contribution in [0.25, 0.3) is 11.1 Å².